The third-order valence-corrected chi connectivity index (χ3v) is 3.55. The van der Waals surface area contributed by atoms with Crippen molar-refractivity contribution in [2.24, 2.45) is 5.92 Å². The van der Waals surface area contributed by atoms with Crippen LogP contribution in [0.5, 0.6) is 0 Å². The Kier molecular flexibility index (Phi) is 2.52. The lowest BCUT2D eigenvalue weighted by Crippen LogP contribution is -2.62. The number of halogens is 2. The van der Waals surface area contributed by atoms with Gasteiger partial charge in [0.1, 0.15) is 0 Å². The highest BCUT2D eigenvalue weighted by Crippen LogP contribution is 2.34. The summed E-state index contributed by atoms with van der Waals surface area (Å²) in [7, 11) is 2.03. The van der Waals surface area contributed by atoms with Crippen LogP contribution in [0.3, 0.4) is 0 Å². The fourth-order valence-corrected chi connectivity index (χ4v) is 2.28. The fourth-order valence-electron chi connectivity index (χ4n) is 2.28. The van der Waals surface area contributed by atoms with Crippen LogP contribution in [-0.4, -0.2) is 55.0 Å². The van der Waals surface area contributed by atoms with Gasteiger partial charge >= 0.3 is 0 Å². The standard InChI is InChI=1S/C10H18F2N2/c1-8-3-4-14(7-10(8,11)12)9-5-13(2)6-9/h8-9H,3-7H2,1-2H3. The van der Waals surface area contributed by atoms with E-state index in [0.29, 0.717) is 12.5 Å². The summed E-state index contributed by atoms with van der Waals surface area (Å²) in [6.45, 7) is 4.36. The smallest absolute Gasteiger partial charge is 0.263 e. The van der Waals surface area contributed by atoms with Crippen LogP contribution in [0, 0.1) is 5.92 Å². The van der Waals surface area contributed by atoms with E-state index in [2.05, 4.69) is 4.90 Å². The van der Waals surface area contributed by atoms with Crippen LogP contribution in [0.2, 0.25) is 0 Å². The first-order valence-electron chi connectivity index (χ1n) is 5.29. The van der Waals surface area contributed by atoms with E-state index in [9.17, 15) is 8.78 Å². The first-order valence-corrected chi connectivity index (χ1v) is 5.29. The molecule has 2 aliphatic rings. The summed E-state index contributed by atoms with van der Waals surface area (Å²) in [5.74, 6) is -2.93. The predicted octanol–water partition coefficient (Wildman–Crippen LogP) is 1.28. The van der Waals surface area contributed by atoms with Crippen molar-refractivity contribution in [2.75, 3.05) is 33.2 Å². The topological polar surface area (TPSA) is 6.48 Å². The first kappa shape index (κ1) is 10.3. The van der Waals surface area contributed by atoms with Crippen molar-refractivity contribution in [1.29, 1.82) is 0 Å². The summed E-state index contributed by atoms with van der Waals surface area (Å²) in [5.41, 5.74) is 0. The molecule has 0 aromatic carbocycles. The number of nitrogens with zero attached hydrogens (tertiary/aromatic N) is 2. The van der Waals surface area contributed by atoms with Gasteiger partial charge in [0.2, 0.25) is 0 Å². The Bertz CT molecular complexity index is 214. The lowest BCUT2D eigenvalue weighted by Gasteiger charge is -2.47. The molecule has 2 fully saturated rings. The van der Waals surface area contributed by atoms with Crippen molar-refractivity contribution < 1.29 is 8.78 Å². The molecule has 2 rings (SSSR count). The number of rotatable bonds is 1. The Morgan fingerprint density at radius 2 is 1.93 bits per heavy atom. The molecule has 0 aromatic heterocycles. The number of hydrogen-bond acceptors (Lipinski definition) is 2. The quantitative estimate of drug-likeness (QED) is 0.635. The van der Waals surface area contributed by atoms with Crippen LogP contribution in [0.4, 0.5) is 8.78 Å². The van der Waals surface area contributed by atoms with Crippen molar-refractivity contribution in [3.63, 3.8) is 0 Å². The second-order valence-corrected chi connectivity index (χ2v) is 4.80. The second kappa shape index (κ2) is 3.42. The maximum absolute atomic E-state index is 13.4. The maximum atomic E-state index is 13.4. The van der Waals surface area contributed by atoms with Crippen molar-refractivity contribution >= 4 is 0 Å². The third kappa shape index (κ3) is 1.77. The Balaban J connectivity index is 1.90. The number of likely N-dealkylation sites (tertiary alicyclic amines) is 2. The van der Waals surface area contributed by atoms with Crippen molar-refractivity contribution in [3.8, 4) is 0 Å². The Morgan fingerprint density at radius 1 is 1.29 bits per heavy atom. The van der Waals surface area contributed by atoms with E-state index in [1.807, 2.05) is 11.9 Å². The lowest BCUT2D eigenvalue weighted by molar-refractivity contribution is -0.125. The van der Waals surface area contributed by atoms with Gasteiger partial charge in [0.15, 0.2) is 0 Å². The highest BCUT2D eigenvalue weighted by Gasteiger charge is 2.44. The average Bonchev–Trinajstić information content (AvgIpc) is 2.04. The van der Waals surface area contributed by atoms with Crippen molar-refractivity contribution in [3.05, 3.63) is 0 Å². The largest absolute Gasteiger partial charge is 0.303 e. The van der Waals surface area contributed by atoms with Gasteiger partial charge in [-0.3, -0.25) is 4.90 Å². The van der Waals surface area contributed by atoms with Gasteiger partial charge in [-0.25, -0.2) is 8.78 Å². The molecule has 2 aliphatic heterocycles. The van der Waals surface area contributed by atoms with Gasteiger partial charge in [-0.05, 0) is 20.0 Å². The van der Waals surface area contributed by atoms with Crippen LogP contribution in [0.15, 0.2) is 0 Å². The van der Waals surface area contributed by atoms with Crippen LogP contribution in [0.25, 0.3) is 0 Å². The molecule has 0 aliphatic carbocycles. The van der Waals surface area contributed by atoms with Gasteiger partial charge in [0, 0.05) is 25.0 Å². The van der Waals surface area contributed by atoms with E-state index in [1.54, 1.807) is 6.92 Å². The molecule has 0 radical (unpaired) electrons. The molecule has 0 bridgehead atoms. The highest BCUT2D eigenvalue weighted by molar-refractivity contribution is 4.92. The number of hydrogen-bond donors (Lipinski definition) is 0. The lowest BCUT2D eigenvalue weighted by atomic mass is 9.92. The summed E-state index contributed by atoms with van der Waals surface area (Å²) < 4.78 is 26.8. The van der Waals surface area contributed by atoms with Crippen LogP contribution in [-0.2, 0) is 0 Å². The number of likely N-dealkylation sites (N-methyl/N-ethyl adjacent to an activating group) is 1. The summed E-state index contributed by atoms with van der Waals surface area (Å²) in [5, 5.41) is 0. The molecular weight excluding hydrogens is 186 g/mol. The molecular formula is C10H18F2N2. The van der Waals surface area contributed by atoms with Gasteiger partial charge in [-0.2, -0.15) is 0 Å². The molecule has 14 heavy (non-hydrogen) atoms. The minimum absolute atomic E-state index is 0.0350. The van der Waals surface area contributed by atoms with E-state index in [-0.39, 0.29) is 6.54 Å². The summed E-state index contributed by atoms with van der Waals surface area (Å²) >= 11 is 0. The van der Waals surface area contributed by atoms with Gasteiger partial charge in [0.25, 0.3) is 5.92 Å². The van der Waals surface area contributed by atoms with Crippen molar-refractivity contribution in [2.45, 2.75) is 25.3 Å². The van der Waals surface area contributed by atoms with E-state index >= 15 is 0 Å². The van der Waals surface area contributed by atoms with E-state index < -0.39 is 11.8 Å². The number of piperidine rings is 1. The third-order valence-electron chi connectivity index (χ3n) is 3.55. The molecule has 4 heteroatoms. The molecule has 82 valence electrons. The SMILES string of the molecule is CC1CCN(C2CN(C)C2)CC1(F)F. The van der Waals surface area contributed by atoms with Gasteiger partial charge in [-0.1, -0.05) is 6.92 Å². The Morgan fingerprint density at radius 3 is 2.43 bits per heavy atom. The molecule has 2 saturated heterocycles. The Labute approximate surface area is 83.9 Å². The zero-order chi connectivity index (χ0) is 10.3. The molecule has 0 aromatic rings. The normalized spacial score (nSPS) is 35.6. The monoisotopic (exact) mass is 204 g/mol. The molecule has 0 saturated carbocycles. The van der Waals surface area contributed by atoms with E-state index in [0.717, 1.165) is 19.6 Å². The first-order chi connectivity index (χ1) is 6.49. The van der Waals surface area contributed by atoms with E-state index in [4.69, 9.17) is 0 Å². The molecule has 1 unspecified atom stereocenters. The van der Waals surface area contributed by atoms with Crippen LogP contribution < -0.4 is 0 Å². The summed E-state index contributed by atoms with van der Waals surface area (Å²) in [6.07, 6.45) is 0.632. The zero-order valence-corrected chi connectivity index (χ0v) is 8.84. The van der Waals surface area contributed by atoms with Gasteiger partial charge in [-0.15, -0.1) is 0 Å². The molecule has 0 N–H and O–H groups in total. The summed E-state index contributed by atoms with van der Waals surface area (Å²) in [4.78, 5) is 4.13. The molecule has 2 heterocycles. The zero-order valence-electron chi connectivity index (χ0n) is 8.84. The summed E-state index contributed by atoms with van der Waals surface area (Å²) in [6, 6.07) is 0.373. The highest BCUT2D eigenvalue weighted by atomic mass is 19.3. The van der Waals surface area contributed by atoms with Crippen LogP contribution in [0.1, 0.15) is 13.3 Å². The van der Waals surface area contributed by atoms with Gasteiger partial charge < -0.3 is 4.90 Å². The molecule has 2 nitrogen and oxygen atoms in total. The van der Waals surface area contributed by atoms with Crippen LogP contribution >= 0.6 is 0 Å². The predicted molar refractivity (Wildman–Crippen MR) is 51.6 cm³/mol. The fraction of sp³-hybridized carbons (Fsp3) is 1.00. The van der Waals surface area contributed by atoms with E-state index in [1.165, 1.54) is 0 Å². The average molecular weight is 204 g/mol. The molecule has 0 spiro atoms. The Hall–Kier alpha value is -0.220. The molecule has 1 atom stereocenters. The minimum atomic E-state index is -2.48. The minimum Gasteiger partial charge on any atom is -0.303 e. The maximum Gasteiger partial charge on any atom is 0.263 e. The second-order valence-electron chi connectivity index (χ2n) is 4.80. The van der Waals surface area contributed by atoms with Gasteiger partial charge in [0.05, 0.1) is 6.54 Å². The molecule has 0 amide bonds. The van der Waals surface area contributed by atoms with Crippen molar-refractivity contribution in [1.82, 2.24) is 9.80 Å². The number of alkyl halides is 2.